The van der Waals surface area contributed by atoms with Crippen LogP contribution < -0.4 is 5.32 Å². The number of halogens is 1. The molecule has 0 spiro atoms. The van der Waals surface area contributed by atoms with E-state index in [-0.39, 0.29) is 5.82 Å². The van der Waals surface area contributed by atoms with Crippen LogP contribution in [0.15, 0.2) is 28.7 Å². The first-order valence-electron chi connectivity index (χ1n) is 10.0. The highest BCUT2D eigenvalue weighted by molar-refractivity contribution is 5.97. The third-order valence-electron chi connectivity index (χ3n) is 5.55. The van der Waals surface area contributed by atoms with Crippen molar-refractivity contribution in [2.24, 2.45) is 0 Å². The lowest BCUT2D eigenvalue weighted by Gasteiger charge is -2.13. The first kappa shape index (κ1) is 22.8. The lowest BCUT2D eigenvalue weighted by atomic mass is 10.1. The molecular formula is C24H24FN3O4. The maximum absolute atomic E-state index is 13.2. The van der Waals surface area contributed by atoms with Crippen LogP contribution in [0, 0.1) is 51.8 Å². The molecule has 1 N–H and O–H groups in total. The van der Waals surface area contributed by atoms with E-state index in [0.29, 0.717) is 40.6 Å². The van der Waals surface area contributed by atoms with Crippen molar-refractivity contribution in [1.29, 1.82) is 5.26 Å². The Bertz CT molecular complexity index is 1230. The Morgan fingerprint density at radius 2 is 1.75 bits per heavy atom. The van der Waals surface area contributed by atoms with Crippen LogP contribution in [-0.4, -0.2) is 23.1 Å². The monoisotopic (exact) mass is 437 g/mol. The van der Waals surface area contributed by atoms with Gasteiger partial charge in [-0.15, -0.1) is 0 Å². The SMILES string of the molecule is Cc1oc(C)c(C(=O)OCC(=O)Nc2c(C#N)c(C)c(C)n2Cc2ccc(F)cc2)c1C. The number of hydrogen-bond acceptors (Lipinski definition) is 5. The van der Waals surface area contributed by atoms with Crippen molar-refractivity contribution in [1.82, 2.24) is 4.57 Å². The number of nitrogens with zero attached hydrogens (tertiary/aromatic N) is 2. The zero-order valence-corrected chi connectivity index (χ0v) is 18.6. The number of esters is 1. The number of furan rings is 1. The number of benzene rings is 1. The molecular weight excluding hydrogens is 413 g/mol. The highest BCUT2D eigenvalue weighted by Gasteiger charge is 2.23. The van der Waals surface area contributed by atoms with Gasteiger partial charge in [-0.2, -0.15) is 5.26 Å². The van der Waals surface area contributed by atoms with Gasteiger partial charge < -0.3 is 19.0 Å². The first-order chi connectivity index (χ1) is 15.1. The molecule has 0 radical (unpaired) electrons. The van der Waals surface area contributed by atoms with E-state index < -0.39 is 18.5 Å². The summed E-state index contributed by atoms with van der Waals surface area (Å²) >= 11 is 0. The van der Waals surface area contributed by atoms with Gasteiger partial charge in [-0.05, 0) is 57.9 Å². The molecule has 2 aromatic heterocycles. The summed E-state index contributed by atoms with van der Waals surface area (Å²) in [6.45, 7) is 8.58. The van der Waals surface area contributed by atoms with Gasteiger partial charge in [0.15, 0.2) is 6.61 Å². The van der Waals surface area contributed by atoms with Crippen LogP contribution in [-0.2, 0) is 16.1 Å². The van der Waals surface area contributed by atoms with Gasteiger partial charge in [-0.3, -0.25) is 4.79 Å². The summed E-state index contributed by atoms with van der Waals surface area (Å²) in [5.41, 5.74) is 3.61. The Balaban J connectivity index is 1.79. The molecule has 0 aliphatic carbocycles. The molecule has 1 amide bonds. The second-order valence-corrected chi connectivity index (χ2v) is 7.60. The van der Waals surface area contributed by atoms with Gasteiger partial charge in [-0.25, -0.2) is 9.18 Å². The van der Waals surface area contributed by atoms with E-state index in [1.54, 1.807) is 44.4 Å². The second kappa shape index (κ2) is 9.10. The minimum absolute atomic E-state index is 0.305. The van der Waals surface area contributed by atoms with Gasteiger partial charge in [0, 0.05) is 17.8 Å². The van der Waals surface area contributed by atoms with E-state index in [1.807, 2.05) is 6.92 Å². The fourth-order valence-corrected chi connectivity index (χ4v) is 3.57. The van der Waals surface area contributed by atoms with E-state index in [1.165, 1.54) is 12.1 Å². The van der Waals surface area contributed by atoms with Crippen molar-refractivity contribution >= 4 is 17.7 Å². The molecule has 0 fully saturated rings. The predicted octanol–water partition coefficient (Wildman–Crippen LogP) is 4.48. The molecule has 0 aliphatic heterocycles. The van der Waals surface area contributed by atoms with Crippen molar-refractivity contribution in [2.75, 3.05) is 11.9 Å². The molecule has 32 heavy (non-hydrogen) atoms. The molecule has 2 heterocycles. The van der Waals surface area contributed by atoms with Crippen LogP contribution in [0.1, 0.15) is 49.8 Å². The molecule has 8 heteroatoms. The van der Waals surface area contributed by atoms with Gasteiger partial charge in [0.1, 0.15) is 34.8 Å². The summed E-state index contributed by atoms with van der Waals surface area (Å²) in [4.78, 5) is 25.0. The number of aryl methyl sites for hydroxylation is 2. The molecule has 3 aromatic rings. The Morgan fingerprint density at radius 1 is 1.09 bits per heavy atom. The maximum atomic E-state index is 13.2. The summed E-state index contributed by atoms with van der Waals surface area (Å²) in [6, 6.07) is 8.10. The molecule has 0 saturated heterocycles. The number of nitriles is 1. The second-order valence-electron chi connectivity index (χ2n) is 7.60. The Kier molecular flexibility index (Phi) is 6.49. The van der Waals surface area contributed by atoms with Crippen molar-refractivity contribution in [3.63, 3.8) is 0 Å². The van der Waals surface area contributed by atoms with Crippen LogP contribution in [0.25, 0.3) is 0 Å². The largest absolute Gasteiger partial charge is 0.465 e. The van der Waals surface area contributed by atoms with Gasteiger partial charge in [-0.1, -0.05) is 12.1 Å². The Morgan fingerprint density at radius 3 is 2.31 bits per heavy atom. The number of hydrogen-bond donors (Lipinski definition) is 1. The molecule has 0 unspecified atom stereocenters. The van der Waals surface area contributed by atoms with E-state index in [2.05, 4.69) is 11.4 Å². The van der Waals surface area contributed by atoms with Crippen molar-refractivity contribution in [2.45, 2.75) is 41.2 Å². The topological polar surface area (TPSA) is 97.3 Å². The maximum Gasteiger partial charge on any atom is 0.342 e. The summed E-state index contributed by atoms with van der Waals surface area (Å²) in [7, 11) is 0. The Labute approximate surface area is 185 Å². The third kappa shape index (κ3) is 4.42. The number of carbonyl (C=O) groups is 2. The van der Waals surface area contributed by atoms with Crippen LogP contribution in [0.4, 0.5) is 10.2 Å². The van der Waals surface area contributed by atoms with Gasteiger partial charge >= 0.3 is 5.97 Å². The third-order valence-corrected chi connectivity index (χ3v) is 5.55. The number of aromatic nitrogens is 1. The van der Waals surface area contributed by atoms with E-state index >= 15 is 0 Å². The number of carbonyl (C=O) groups excluding carboxylic acids is 2. The lowest BCUT2D eigenvalue weighted by Crippen LogP contribution is -2.23. The number of anilines is 1. The molecule has 7 nitrogen and oxygen atoms in total. The van der Waals surface area contributed by atoms with Crippen molar-refractivity contribution in [3.05, 3.63) is 75.1 Å². The molecule has 0 bridgehead atoms. The Hall–Kier alpha value is -3.86. The molecule has 3 rings (SSSR count). The van der Waals surface area contributed by atoms with Crippen LogP contribution in [0.5, 0.6) is 0 Å². The highest BCUT2D eigenvalue weighted by atomic mass is 19.1. The van der Waals surface area contributed by atoms with E-state index in [4.69, 9.17) is 9.15 Å². The minimum atomic E-state index is -0.651. The molecule has 0 saturated carbocycles. The smallest absolute Gasteiger partial charge is 0.342 e. The fourth-order valence-electron chi connectivity index (χ4n) is 3.57. The van der Waals surface area contributed by atoms with E-state index in [0.717, 1.165) is 16.8 Å². The van der Waals surface area contributed by atoms with Crippen LogP contribution in [0.3, 0.4) is 0 Å². The minimum Gasteiger partial charge on any atom is -0.465 e. The summed E-state index contributed by atoms with van der Waals surface area (Å²) in [5, 5.41) is 12.3. The van der Waals surface area contributed by atoms with Gasteiger partial charge in [0.2, 0.25) is 0 Å². The number of rotatable bonds is 6. The average Bonchev–Trinajstić information content (AvgIpc) is 3.13. The summed E-state index contributed by atoms with van der Waals surface area (Å²) in [6.07, 6.45) is 0. The van der Waals surface area contributed by atoms with Crippen molar-refractivity contribution < 1.29 is 23.1 Å². The first-order valence-corrected chi connectivity index (χ1v) is 10.0. The number of nitrogens with one attached hydrogen (secondary N) is 1. The molecule has 166 valence electrons. The van der Waals surface area contributed by atoms with Crippen LogP contribution >= 0.6 is 0 Å². The molecule has 0 aliphatic rings. The fraction of sp³-hybridized carbons (Fsp3) is 0.292. The van der Waals surface area contributed by atoms with Crippen LogP contribution in [0.2, 0.25) is 0 Å². The normalized spacial score (nSPS) is 10.7. The number of amides is 1. The summed E-state index contributed by atoms with van der Waals surface area (Å²) < 4.78 is 25.6. The number of ether oxygens (including phenoxy) is 1. The van der Waals surface area contributed by atoms with E-state index in [9.17, 15) is 19.2 Å². The lowest BCUT2D eigenvalue weighted by molar-refractivity contribution is -0.119. The quantitative estimate of drug-likeness (QED) is 0.574. The molecule has 1 aromatic carbocycles. The zero-order valence-electron chi connectivity index (χ0n) is 18.6. The highest BCUT2D eigenvalue weighted by Crippen LogP contribution is 2.27. The standard InChI is InChI=1S/C24H24FN3O4/c1-13-15(3)28(11-18-6-8-19(25)9-7-18)23(20(13)10-26)27-21(29)12-31-24(30)22-14(2)16(4)32-17(22)5/h6-9H,11-12H2,1-5H3,(H,27,29). The van der Waals surface area contributed by atoms with Crippen molar-refractivity contribution in [3.8, 4) is 6.07 Å². The summed E-state index contributed by atoms with van der Waals surface area (Å²) in [5.74, 6) is -0.233. The average molecular weight is 437 g/mol. The molecule has 0 atom stereocenters. The zero-order chi connectivity index (χ0) is 23.6. The van der Waals surface area contributed by atoms with Gasteiger partial charge in [0.25, 0.3) is 5.91 Å². The van der Waals surface area contributed by atoms with Gasteiger partial charge in [0.05, 0.1) is 5.56 Å². The predicted molar refractivity (Wildman–Crippen MR) is 116 cm³/mol.